The molecule has 0 aromatic heterocycles. The Morgan fingerprint density at radius 1 is 0.759 bits per heavy atom. The average molecular weight is 386 g/mol. The SMILES string of the molecule is Cc1cccc(C(=O)N(NC(=O)c2ccc(-c3ccccc3)cc2)C(C)(C)C)c1. The third-order valence-electron chi connectivity index (χ3n) is 4.61. The topological polar surface area (TPSA) is 49.4 Å². The molecule has 4 nitrogen and oxygen atoms in total. The number of hydrazine groups is 1. The standard InChI is InChI=1S/C25H26N2O2/c1-18-9-8-12-22(17-18)24(29)27(25(2,3)4)26-23(28)21-15-13-20(14-16-21)19-10-6-5-7-11-19/h5-17H,1-4H3,(H,26,28). The first-order valence-electron chi connectivity index (χ1n) is 9.63. The van der Waals surface area contributed by atoms with Crippen LogP contribution in [0.5, 0.6) is 0 Å². The van der Waals surface area contributed by atoms with Gasteiger partial charge in [-0.25, -0.2) is 5.01 Å². The lowest BCUT2D eigenvalue weighted by Gasteiger charge is -2.35. The van der Waals surface area contributed by atoms with Crippen LogP contribution in [0.4, 0.5) is 0 Å². The van der Waals surface area contributed by atoms with Crippen LogP contribution >= 0.6 is 0 Å². The summed E-state index contributed by atoms with van der Waals surface area (Å²) in [6.45, 7) is 7.60. The zero-order valence-electron chi connectivity index (χ0n) is 17.3. The van der Waals surface area contributed by atoms with E-state index in [0.29, 0.717) is 11.1 Å². The van der Waals surface area contributed by atoms with Gasteiger partial charge in [0.15, 0.2) is 0 Å². The maximum atomic E-state index is 13.1. The molecule has 148 valence electrons. The van der Waals surface area contributed by atoms with Crippen molar-refractivity contribution in [1.29, 1.82) is 0 Å². The number of carbonyl (C=O) groups is 2. The molecule has 0 atom stereocenters. The summed E-state index contributed by atoms with van der Waals surface area (Å²) in [5.41, 5.74) is 6.36. The maximum Gasteiger partial charge on any atom is 0.272 e. The molecule has 0 aliphatic rings. The molecule has 4 heteroatoms. The fourth-order valence-electron chi connectivity index (χ4n) is 3.04. The summed E-state index contributed by atoms with van der Waals surface area (Å²) >= 11 is 0. The largest absolute Gasteiger partial charge is 0.272 e. The van der Waals surface area contributed by atoms with Gasteiger partial charge in [-0.15, -0.1) is 0 Å². The van der Waals surface area contributed by atoms with Gasteiger partial charge in [0.1, 0.15) is 0 Å². The Balaban J connectivity index is 1.81. The van der Waals surface area contributed by atoms with Crippen molar-refractivity contribution in [3.63, 3.8) is 0 Å². The van der Waals surface area contributed by atoms with E-state index in [9.17, 15) is 9.59 Å². The van der Waals surface area contributed by atoms with Crippen LogP contribution in [0, 0.1) is 6.92 Å². The summed E-state index contributed by atoms with van der Waals surface area (Å²) in [6.07, 6.45) is 0. The molecule has 3 aromatic carbocycles. The van der Waals surface area contributed by atoms with E-state index in [1.807, 2.05) is 88.4 Å². The lowest BCUT2D eigenvalue weighted by molar-refractivity contribution is 0.0358. The number of carbonyl (C=O) groups excluding carboxylic acids is 2. The second-order valence-corrected chi connectivity index (χ2v) is 8.07. The van der Waals surface area contributed by atoms with Crippen molar-refractivity contribution < 1.29 is 9.59 Å². The van der Waals surface area contributed by atoms with E-state index in [1.54, 1.807) is 18.2 Å². The molecule has 0 unspecified atom stereocenters. The molecule has 0 saturated carbocycles. The first kappa shape index (κ1) is 20.3. The number of aryl methyl sites for hydroxylation is 1. The zero-order chi connectivity index (χ0) is 21.0. The van der Waals surface area contributed by atoms with E-state index in [0.717, 1.165) is 16.7 Å². The summed E-state index contributed by atoms with van der Waals surface area (Å²) < 4.78 is 0. The van der Waals surface area contributed by atoms with Crippen molar-refractivity contribution >= 4 is 11.8 Å². The Kier molecular flexibility index (Phi) is 5.83. The van der Waals surface area contributed by atoms with Crippen LogP contribution in [0.1, 0.15) is 47.1 Å². The highest BCUT2D eigenvalue weighted by atomic mass is 16.2. The zero-order valence-corrected chi connectivity index (χ0v) is 17.3. The Bertz CT molecular complexity index is 1000. The van der Waals surface area contributed by atoms with Gasteiger partial charge in [-0.3, -0.25) is 15.0 Å². The predicted octanol–water partition coefficient (Wildman–Crippen LogP) is 5.25. The Labute approximate surface area is 172 Å². The average Bonchev–Trinajstić information content (AvgIpc) is 2.71. The predicted molar refractivity (Wildman–Crippen MR) is 116 cm³/mol. The van der Waals surface area contributed by atoms with Crippen LogP contribution in [-0.4, -0.2) is 22.4 Å². The first-order valence-corrected chi connectivity index (χ1v) is 9.63. The van der Waals surface area contributed by atoms with Crippen molar-refractivity contribution in [2.45, 2.75) is 33.2 Å². The summed E-state index contributed by atoms with van der Waals surface area (Å²) in [5, 5.41) is 1.40. The van der Waals surface area contributed by atoms with Gasteiger partial charge in [0.05, 0.1) is 5.54 Å². The normalized spacial score (nSPS) is 11.0. The summed E-state index contributed by atoms with van der Waals surface area (Å²) in [7, 11) is 0. The molecule has 0 heterocycles. The Morgan fingerprint density at radius 3 is 1.97 bits per heavy atom. The van der Waals surface area contributed by atoms with E-state index in [-0.39, 0.29) is 11.8 Å². The molecule has 3 aromatic rings. The fourth-order valence-corrected chi connectivity index (χ4v) is 3.04. The van der Waals surface area contributed by atoms with Crippen LogP contribution in [0.2, 0.25) is 0 Å². The summed E-state index contributed by atoms with van der Waals surface area (Å²) in [5.74, 6) is -0.559. The van der Waals surface area contributed by atoms with Crippen LogP contribution in [-0.2, 0) is 0 Å². The molecule has 3 rings (SSSR count). The number of hydrogen-bond acceptors (Lipinski definition) is 2. The molecule has 0 spiro atoms. The molecule has 0 aliphatic carbocycles. The lowest BCUT2D eigenvalue weighted by Crippen LogP contribution is -2.55. The van der Waals surface area contributed by atoms with Crippen molar-refractivity contribution in [2.24, 2.45) is 0 Å². The second-order valence-electron chi connectivity index (χ2n) is 8.07. The number of nitrogens with one attached hydrogen (secondary N) is 1. The molecule has 0 radical (unpaired) electrons. The monoisotopic (exact) mass is 386 g/mol. The van der Waals surface area contributed by atoms with Crippen LogP contribution in [0.15, 0.2) is 78.9 Å². The third-order valence-corrected chi connectivity index (χ3v) is 4.61. The van der Waals surface area contributed by atoms with E-state index in [1.165, 1.54) is 5.01 Å². The van der Waals surface area contributed by atoms with Gasteiger partial charge < -0.3 is 0 Å². The second kappa shape index (κ2) is 8.31. The minimum Gasteiger partial charge on any atom is -0.267 e. The number of hydrogen-bond donors (Lipinski definition) is 1. The third kappa shape index (κ3) is 4.91. The minimum absolute atomic E-state index is 0.240. The van der Waals surface area contributed by atoms with Crippen LogP contribution in [0.25, 0.3) is 11.1 Å². The fraction of sp³-hybridized carbons (Fsp3) is 0.200. The van der Waals surface area contributed by atoms with Crippen molar-refractivity contribution in [1.82, 2.24) is 10.4 Å². The minimum atomic E-state index is -0.583. The van der Waals surface area contributed by atoms with E-state index in [2.05, 4.69) is 5.43 Å². The molecule has 0 fully saturated rings. The highest BCUT2D eigenvalue weighted by molar-refractivity contribution is 5.99. The molecular formula is C25H26N2O2. The van der Waals surface area contributed by atoms with Gasteiger partial charge in [0.25, 0.3) is 11.8 Å². The Hall–Kier alpha value is -3.40. The van der Waals surface area contributed by atoms with E-state index in [4.69, 9.17) is 0 Å². The van der Waals surface area contributed by atoms with Gasteiger partial charge in [-0.05, 0) is 63.1 Å². The summed E-state index contributed by atoms with van der Waals surface area (Å²) in [6, 6.07) is 24.7. The molecular weight excluding hydrogens is 360 g/mol. The summed E-state index contributed by atoms with van der Waals surface area (Å²) in [4.78, 5) is 25.9. The first-order chi connectivity index (χ1) is 13.8. The van der Waals surface area contributed by atoms with Gasteiger partial charge in [-0.2, -0.15) is 0 Å². The van der Waals surface area contributed by atoms with E-state index >= 15 is 0 Å². The smallest absolute Gasteiger partial charge is 0.267 e. The highest BCUT2D eigenvalue weighted by Crippen LogP contribution is 2.20. The molecule has 1 N–H and O–H groups in total. The molecule has 0 aliphatic heterocycles. The number of nitrogens with zero attached hydrogens (tertiary/aromatic N) is 1. The number of amides is 2. The number of benzene rings is 3. The highest BCUT2D eigenvalue weighted by Gasteiger charge is 2.29. The van der Waals surface area contributed by atoms with E-state index < -0.39 is 5.54 Å². The molecule has 0 saturated heterocycles. The molecule has 29 heavy (non-hydrogen) atoms. The quantitative estimate of drug-likeness (QED) is 0.625. The van der Waals surface area contributed by atoms with Gasteiger partial charge in [0, 0.05) is 11.1 Å². The Morgan fingerprint density at radius 2 is 1.38 bits per heavy atom. The molecule has 0 bridgehead atoms. The number of rotatable bonds is 3. The van der Waals surface area contributed by atoms with Gasteiger partial charge in [0.2, 0.25) is 0 Å². The van der Waals surface area contributed by atoms with Crippen LogP contribution < -0.4 is 5.43 Å². The molecule has 2 amide bonds. The van der Waals surface area contributed by atoms with Crippen molar-refractivity contribution in [2.75, 3.05) is 0 Å². The van der Waals surface area contributed by atoms with Crippen molar-refractivity contribution in [3.8, 4) is 11.1 Å². The van der Waals surface area contributed by atoms with Gasteiger partial charge >= 0.3 is 0 Å². The lowest BCUT2D eigenvalue weighted by atomic mass is 10.0. The van der Waals surface area contributed by atoms with Crippen LogP contribution in [0.3, 0.4) is 0 Å². The maximum absolute atomic E-state index is 13.1. The van der Waals surface area contributed by atoms with Gasteiger partial charge in [-0.1, -0.05) is 60.2 Å². The van der Waals surface area contributed by atoms with Crippen molar-refractivity contribution in [3.05, 3.63) is 95.6 Å².